The van der Waals surface area contributed by atoms with E-state index >= 15 is 0 Å². The standard InChI is InChI=1S/C68H47N/c1-6-24-48(25-7-1)55-34-16-18-36-57(55)50-42-44-65-63(46-50)68(61-40-22-20-38-59(61)67(52-28-10-3-11-29-52,53-30-12-4-13-31-53)60-39-21-23-41-62(60)68)64-47-51(43-45-66(64)69(65)54-32-14-5-15-33-54)58-37-19-17-35-56(58)49-26-8-2-9-27-49/h1-47H. The minimum Gasteiger partial charge on any atom is -0.310 e. The zero-order valence-electron chi connectivity index (χ0n) is 38.1. The maximum atomic E-state index is 2.53. The number of fused-ring (bicyclic) bond motifs is 8. The summed E-state index contributed by atoms with van der Waals surface area (Å²) in [7, 11) is 0. The fourth-order valence-corrected chi connectivity index (χ4v) is 12.0. The van der Waals surface area contributed by atoms with Gasteiger partial charge >= 0.3 is 0 Å². The molecule has 0 radical (unpaired) electrons. The van der Waals surface area contributed by atoms with E-state index in [9.17, 15) is 0 Å². The number of hydrogen-bond acceptors (Lipinski definition) is 1. The van der Waals surface area contributed by atoms with Crippen LogP contribution in [0.4, 0.5) is 17.1 Å². The molecule has 0 saturated heterocycles. The summed E-state index contributed by atoms with van der Waals surface area (Å²) in [5, 5.41) is 0. The topological polar surface area (TPSA) is 3.24 Å². The van der Waals surface area contributed by atoms with Crippen LogP contribution in [0.1, 0.15) is 44.5 Å². The molecule has 1 aliphatic heterocycles. The second-order valence-corrected chi connectivity index (χ2v) is 18.3. The van der Waals surface area contributed by atoms with Crippen LogP contribution in [0, 0.1) is 0 Å². The van der Waals surface area contributed by atoms with Crippen LogP contribution in [0.25, 0.3) is 44.5 Å². The van der Waals surface area contributed by atoms with Crippen molar-refractivity contribution >= 4 is 17.1 Å². The highest BCUT2D eigenvalue weighted by Gasteiger charge is 2.57. The van der Waals surface area contributed by atoms with Crippen molar-refractivity contribution in [3.05, 3.63) is 330 Å². The number of nitrogens with zero attached hydrogens (tertiary/aromatic N) is 1. The Kier molecular flexibility index (Phi) is 9.70. The maximum Gasteiger partial charge on any atom is 0.0749 e. The fraction of sp³-hybridized carbons (Fsp3) is 0.0294. The van der Waals surface area contributed by atoms with Gasteiger partial charge in [-0.1, -0.05) is 249 Å². The molecule has 1 heterocycles. The Balaban J connectivity index is 1.20. The van der Waals surface area contributed by atoms with E-state index in [0.717, 1.165) is 17.1 Å². The first kappa shape index (κ1) is 40.5. The van der Waals surface area contributed by atoms with Crippen molar-refractivity contribution in [1.82, 2.24) is 0 Å². The molecule has 2 aliphatic rings. The molecule has 1 heteroatoms. The number of benzene rings is 11. The molecule has 0 N–H and O–H groups in total. The molecule has 324 valence electrons. The van der Waals surface area contributed by atoms with Crippen molar-refractivity contribution in [1.29, 1.82) is 0 Å². The molecule has 69 heavy (non-hydrogen) atoms. The molecule has 0 unspecified atom stereocenters. The third kappa shape index (κ3) is 6.17. The lowest BCUT2D eigenvalue weighted by Crippen LogP contribution is -2.47. The van der Waals surface area contributed by atoms with Gasteiger partial charge in [-0.25, -0.2) is 0 Å². The number of hydrogen-bond donors (Lipinski definition) is 0. The highest BCUT2D eigenvalue weighted by Crippen LogP contribution is 2.65. The molecule has 0 saturated carbocycles. The molecule has 0 fully saturated rings. The summed E-state index contributed by atoms with van der Waals surface area (Å²) < 4.78 is 0. The van der Waals surface area contributed by atoms with Crippen LogP contribution >= 0.6 is 0 Å². The largest absolute Gasteiger partial charge is 0.310 e. The predicted molar refractivity (Wildman–Crippen MR) is 287 cm³/mol. The van der Waals surface area contributed by atoms with Gasteiger partial charge in [-0.15, -0.1) is 0 Å². The van der Waals surface area contributed by atoms with E-state index in [-0.39, 0.29) is 0 Å². The van der Waals surface area contributed by atoms with E-state index in [0.29, 0.717) is 0 Å². The van der Waals surface area contributed by atoms with Gasteiger partial charge in [0, 0.05) is 5.69 Å². The normalized spacial score (nSPS) is 13.7. The van der Waals surface area contributed by atoms with Crippen LogP contribution in [0.5, 0.6) is 0 Å². The molecule has 13 rings (SSSR count). The summed E-state index contributed by atoms with van der Waals surface area (Å²) in [6.45, 7) is 0. The lowest BCUT2D eigenvalue weighted by molar-refractivity contribution is 0.611. The van der Waals surface area contributed by atoms with Crippen molar-refractivity contribution in [2.45, 2.75) is 10.8 Å². The third-order valence-corrected chi connectivity index (χ3v) is 14.8. The van der Waals surface area contributed by atoms with Crippen molar-refractivity contribution < 1.29 is 0 Å². The minimum atomic E-state index is -0.786. The molecule has 0 aromatic heterocycles. The van der Waals surface area contributed by atoms with Gasteiger partial charge in [0.05, 0.1) is 22.2 Å². The number of rotatable bonds is 7. The Morgan fingerprint density at radius 1 is 0.217 bits per heavy atom. The Morgan fingerprint density at radius 3 is 0.913 bits per heavy atom. The van der Waals surface area contributed by atoms with E-state index in [2.05, 4.69) is 290 Å². The molecular formula is C68H47N. The van der Waals surface area contributed by atoms with Crippen LogP contribution in [-0.2, 0) is 10.8 Å². The molecule has 0 bridgehead atoms. The first-order chi connectivity index (χ1) is 34.3. The summed E-state index contributed by atoms with van der Waals surface area (Å²) in [5.74, 6) is 0. The van der Waals surface area contributed by atoms with Gasteiger partial charge in [-0.05, 0) is 125 Å². The van der Waals surface area contributed by atoms with E-state index < -0.39 is 10.8 Å². The average Bonchev–Trinajstić information content (AvgIpc) is 3.44. The van der Waals surface area contributed by atoms with Crippen molar-refractivity contribution in [2.75, 3.05) is 4.90 Å². The average molecular weight is 878 g/mol. The van der Waals surface area contributed by atoms with Crippen LogP contribution in [0.2, 0.25) is 0 Å². The van der Waals surface area contributed by atoms with Crippen LogP contribution in [0.3, 0.4) is 0 Å². The van der Waals surface area contributed by atoms with Crippen LogP contribution in [-0.4, -0.2) is 0 Å². The van der Waals surface area contributed by atoms with Crippen molar-refractivity contribution in [3.8, 4) is 44.5 Å². The second-order valence-electron chi connectivity index (χ2n) is 18.3. The van der Waals surface area contributed by atoms with E-state index in [4.69, 9.17) is 0 Å². The van der Waals surface area contributed by atoms with Gasteiger partial charge in [-0.3, -0.25) is 0 Å². The van der Waals surface area contributed by atoms with Crippen molar-refractivity contribution in [2.24, 2.45) is 0 Å². The van der Waals surface area contributed by atoms with Crippen LogP contribution < -0.4 is 4.90 Å². The summed E-state index contributed by atoms with van der Waals surface area (Å²) >= 11 is 0. The molecule has 0 atom stereocenters. The Labute approximate surface area is 404 Å². The van der Waals surface area contributed by atoms with Crippen LogP contribution in [0.15, 0.2) is 285 Å². The van der Waals surface area contributed by atoms with Crippen molar-refractivity contribution in [3.63, 3.8) is 0 Å². The summed E-state index contributed by atoms with van der Waals surface area (Å²) in [6.07, 6.45) is 0. The monoisotopic (exact) mass is 877 g/mol. The van der Waals surface area contributed by atoms with Gasteiger partial charge in [0.25, 0.3) is 0 Å². The summed E-state index contributed by atoms with van der Waals surface area (Å²) in [4.78, 5) is 2.51. The Bertz CT molecular complexity index is 3430. The van der Waals surface area contributed by atoms with E-state index in [1.807, 2.05) is 0 Å². The quantitative estimate of drug-likeness (QED) is 0.154. The van der Waals surface area contributed by atoms with E-state index in [1.54, 1.807) is 0 Å². The first-order valence-corrected chi connectivity index (χ1v) is 24.0. The lowest BCUT2D eigenvalue weighted by Gasteiger charge is -2.54. The summed E-state index contributed by atoms with van der Waals surface area (Å²) in [5.41, 5.74) is 21.6. The predicted octanol–water partition coefficient (Wildman–Crippen LogP) is 17.2. The smallest absolute Gasteiger partial charge is 0.0749 e. The SMILES string of the molecule is c1ccc(-c2ccccc2-c2ccc3c(c2)C2(c4cc(-c5ccccc5-c5ccccc5)ccc4N3c3ccccc3)c3ccccc3C(c3ccccc3)(c3ccccc3)c3ccccc32)cc1. The zero-order valence-corrected chi connectivity index (χ0v) is 38.1. The molecule has 11 aromatic carbocycles. The molecule has 1 spiro atoms. The summed E-state index contributed by atoms with van der Waals surface area (Å²) in [6, 6.07) is 106. The molecule has 0 amide bonds. The first-order valence-electron chi connectivity index (χ1n) is 24.0. The van der Waals surface area contributed by atoms with Gasteiger partial charge in [0.15, 0.2) is 0 Å². The Hall–Kier alpha value is -8.78. The highest BCUT2D eigenvalue weighted by atomic mass is 15.2. The Morgan fingerprint density at radius 2 is 0.522 bits per heavy atom. The highest BCUT2D eigenvalue weighted by molar-refractivity contribution is 5.96. The molecule has 11 aromatic rings. The lowest BCUT2D eigenvalue weighted by atomic mass is 9.49. The third-order valence-electron chi connectivity index (χ3n) is 14.8. The fourth-order valence-electron chi connectivity index (χ4n) is 12.0. The van der Waals surface area contributed by atoms with E-state index in [1.165, 1.54) is 89.0 Å². The van der Waals surface area contributed by atoms with Gasteiger partial charge < -0.3 is 4.90 Å². The zero-order chi connectivity index (χ0) is 45.8. The molecule has 1 aliphatic carbocycles. The number of para-hydroxylation sites is 1. The second kappa shape index (κ2) is 16.5. The number of anilines is 3. The van der Waals surface area contributed by atoms with Gasteiger partial charge in [0.1, 0.15) is 0 Å². The maximum absolute atomic E-state index is 2.53. The molecular weight excluding hydrogens is 831 g/mol. The molecule has 1 nitrogen and oxygen atoms in total. The minimum absolute atomic E-state index is 0.632. The van der Waals surface area contributed by atoms with Gasteiger partial charge in [0.2, 0.25) is 0 Å². The van der Waals surface area contributed by atoms with Gasteiger partial charge in [-0.2, -0.15) is 0 Å².